The molecule has 0 aliphatic heterocycles. The van der Waals surface area contributed by atoms with Gasteiger partial charge in [-0.3, -0.25) is 9.59 Å². The minimum absolute atomic E-state index is 0.149. The van der Waals surface area contributed by atoms with Crippen molar-refractivity contribution >= 4 is 29.1 Å². The van der Waals surface area contributed by atoms with Gasteiger partial charge in [-0.25, -0.2) is 4.98 Å². The van der Waals surface area contributed by atoms with E-state index in [1.807, 2.05) is 13.0 Å². The number of anilines is 1. The van der Waals surface area contributed by atoms with Gasteiger partial charge in [0.1, 0.15) is 11.4 Å². The van der Waals surface area contributed by atoms with Gasteiger partial charge in [0.2, 0.25) is 0 Å². The molecule has 0 aliphatic carbocycles. The molecular weight excluding hydrogens is 314 g/mol. The first-order valence-corrected chi connectivity index (χ1v) is 7.32. The molecule has 5 nitrogen and oxygen atoms in total. The molecule has 1 aromatic heterocycles. The highest BCUT2D eigenvalue weighted by atomic mass is 35.5. The van der Waals surface area contributed by atoms with Crippen molar-refractivity contribution in [3.8, 4) is 0 Å². The van der Waals surface area contributed by atoms with Crippen molar-refractivity contribution in [1.29, 1.82) is 0 Å². The van der Waals surface area contributed by atoms with Crippen LogP contribution in [0.3, 0.4) is 0 Å². The minimum Gasteiger partial charge on any atom is -0.347 e. The van der Waals surface area contributed by atoms with Gasteiger partial charge in [-0.05, 0) is 36.8 Å². The molecule has 0 aliphatic rings. The molecule has 0 spiro atoms. The first-order chi connectivity index (χ1) is 11.0. The average Bonchev–Trinajstić information content (AvgIpc) is 2.56. The minimum atomic E-state index is -0.409. The number of amides is 2. The molecule has 0 unspecified atom stereocenters. The number of aromatic nitrogens is 1. The maximum atomic E-state index is 12.3. The van der Waals surface area contributed by atoms with Crippen molar-refractivity contribution in [3.63, 3.8) is 0 Å². The Balaban J connectivity index is 2.18. The average molecular weight is 330 g/mol. The Bertz CT molecular complexity index is 759. The molecule has 0 fully saturated rings. The highest BCUT2D eigenvalue weighted by molar-refractivity contribution is 6.31. The van der Waals surface area contributed by atoms with Crippen molar-refractivity contribution in [1.82, 2.24) is 10.3 Å². The van der Waals surface area contributed by atoms with Gasteiger partial charge in [-0.1, -0.05) is 29.8 Å². The lowest BCUT2D eigenvalue weighted by Gasteiger charge is -2.09. The highest BCUT2D eigenvalue weighted by Gasteiger charge is 2.13. The van der Waals surface area contributed by atoms with E-state index in [4.69, 9.17) is 11.6 Å². The number of benzene rings is 1. The fraction of sp³-hybridized carbons (Fsp3) is 0.118. The number of aryl methyl sites for hydroxylation is 1. The second-order valence-corrected chi connectivity index (χ2v) is 5.26. The van der Waals surface area contributed by atoms with Crippen LogP contribution in [0.1, 0.15) is 26.5 Å². The summed E-state index contributed by atoms with van der Waals surface area (Å²) < 4.78 is 0. The lowest BCUT2D eigenvalue weighted by molar-refractivity contribution is 0.0953. The monoisotopic (exact) mass is 329 g/mol. The summed E-state index contributed by atoms with van der Waals surface area (Å²) in [7, 11) is 0. The Labute approximate surface area is 139 Å². The zero-order valence-electron chi connectivity index (χ0n) is 12.6. The number of pyridine rings is 1. The molecule has 118 valence electrons. The van der Waals surface area contributed by atoms with Crippen LogP contribution in [-0.2, 0) is 0 Å². The number of hydrogen-bond donors (Lipinski definition) is 2. The van der Waals surface area contributed by atoms with Gasteiger partial charge in [0, 0.05) is 17.3 Å². The van der Waals surface area contributed by atoms with Crippen LogP contribution in [0.15, 0.2) is 49.1 Å². The van der Waals surface area contributed by atoms with E-state index in [0.717, 1.165) is 5.56 Å². The zero-order chi connectivity index (χ0) is 16.8. The number of carbonyl (C=O) groups is 2. The third-order valence-corrected chi connectivity index (χ3v) is 3.30. The van der Waals surface area contributed by atoms with E-state index >= 15 is 0 Å². The van der Waals surface area contributed by atoms with Crippen LogP contribution in [0.4, 0.5) is 5.69 Å². The van der Waals surface area contributed by atoms with Gasteiger partial charge in [-0.15, -0.1) is 6.58 Å². The molecule has 0 saturated heterocycles. The normalized spacial score (nSPS) is 10.0. The SMILES string of the molecule is C=CCNC(=O)c1cccc(C(=O)Nc2cc(Cl)ccc2C)n1. The molecule has 0 radical (unpaired) electrons. The molecule has 2 aromatic rings. The summed E-state index contributed by atoms with van der Waals surface area (Å²) in [5, 5.41) is 5.88. The molecule has 6 heteroatoms. The predicted octanol–water partition coefficient (Wildman–Crippen LogP) is 3.21. The number of nitrogens with zero attached hydrogens (tertiary/aromatic N) is 1. The van der Waals surface area contributed by atoms with Gasteiger partial charge in [-0.2, -0.15) is 0 Å². The van der Waals surface area contributed by atoms with Crippen molar-refractivity contribution in [3.05, 3.63) is 71.0 Å². The van der Waals surface area contributed by atoms with E-state index in [1.165, 1.54) is 0 Å². The van der Waals surface area contributed by atoms with E-state index in [0.29, 0.717) is 17.3 Å². The molecule has 2 rings (SSSR count). The van der Waals surface area contributed by atoms with Crippen LogP contribution in [0.2, 0.25) is 5.02 Å². The summed E-state index contributed by atoms with van der Waals surface area (Å²) in [6, 6.07) is 9.91. The summed E-state index contributed by atoms with van der Waals surface area (Å²) in [6.07, 6.45) is 1.57. The Morgan fingerprint density at radius 2 is 1.91 bits per heavy atom. The lowest BCUT2D eigenvalue weighted by atomic mass is 10.2. The lowest BCUT2D eigenvalue weighted by Crippen LogP contribution is -2.25. The van der Waals surface area contributed by atoms with Gasteiger partial charge < -0.3 is 10.6 Å². The molecule has 1 heterocycles. The first-order valence-electron chi connectivity index (χ1n) is 6.95. The number of rotatable bonds is 5. The molecular formula is C17H16ClN3O2. The fourth-order valence-corrected chi connectivity index (χ4v) is 2.03. The summed E-state index contributed by atoms with van der Waals surface area (Å²) in [5.74, 6) is -0.771. The Hall–Kier alpha value is -2.66. The van der Waals surface area contributed by atoms with Gasteiger partial charge >= 0.3 is 0 Å². The van der Waals surface area contributed by atoms with E-state index in [-0.39, 0.29) is 17.3 Å². The maximum absolute atomic E-state index is 12.3. The second-order valence-electron chi connectivity index (χ2n) is 4.82. The second kappa shape index (κ2) is 7.56. The van der Waals surface area contributed by atoms with Crippen molar-refractivity contribution in [2.45, 2.75) is 6.92 Å². The number of hydrogen-bond acceptors (Lipinski definition) is 3. The molecule has 23 heavy (non-hydrogen) atoms. The summed E-state index contributed by atoms with van der Waals surface area (Å²) in [4.78, 5) is 28.2. The van der Waals surface area contributed by atoms with Crippen LogP contribution in [0.5, 0.6) is 0 Å². The fourth-order valence-electron chi connectivity index (χ4n) is 1.86. The van der Waals surface area contributed by atoms with Crippen molar-refractivity contribution in [2.75, 3.05) is 11.9 Å². The first kappa shape index (κ1) is 16.7. The molecule has 0 bridgehead atoms. The van der Waals surface area contributed by atoms with Crippen LogP contribution >= 0.6 is 11.6 Å². The van der Waals surface area contributed by atoms with E-state index in [9.17, 15) is 9.59 Å². The molecule has 2 amide bonds. The topological polar surface area (TPSA) is 71.1 Å². The third kappa shape index (κ3) is 4.40. The Kier molecular flexibility index (Phi) is 5.49. The van der Waals surface area contributed by atoms with E-state index < -0.39 is 5.91 Å². The standard InChI is InChI=1S/C17H16ClN3O2/c1-3-9-19-16(22)13-5-4-6-14(20-13)17(23)21-15-10-12(18)8-7-11(15)2/h3-8,10H,1,9H2,2H3,(H,19,22)(H,21,23). The predicted molar refractivity (Wildman–Crippen MR) is 90.9 cm³/mol. The highest BCUT2D eigenvalue weighted by Crippen LogP contribution is 2.20. The Morgan fingerprint density at radius 1 is 1.22 bits per heavy atom. The number of nitrogens with one attached hydrogen (secondary N) is 2. The molecule has 1 aromatic carbocycles. The van der Waals surface area contributed by atoms with Crippen molar-refractivity contribution < 1.29 is 9.59 Å². The van der Waals surface area contributed by atoms with Gasteiger partial charge in [0.15, 0.2) is 0 Å². The smallest absolute Gasteiger partial charge is 0.274 e. The van der Waals surface area contributed by atoms with Gasteiger partial charge in [0.05, 0.1) is 0 Å². The van der Waals surface area contributed by atoms with Crippen LogP contribution < -0.4 is 10.6 Å². The van der Waals surface area contributed by atoms with E-state index in [2.05, 4.69) is 22.2 Å². The number of carbonyl (C=O) groups excluding carboxylic acids is 2. The van der Waals surface area contributed by atoms with Crippen molar-refractivity contribution in [2.24, 2.45) is 0 Å². The van der Waals surface area contributed by atoms with Crippen LogP contribution in [-0.4, -0.2) is 23.3 Å². The zero-order valence-corrected chi connectivity index (χ0v) is 13.4. The van der Waals surface area contributed by atoms with Crippen LogP contribution in [0, 0.1) is 6.92 Å². The summed E-state index contributed by atoms with van der Waals surface area (Å²) in [6.45, 7) is 5.72. The molecule has 0 saturated carbocycles. The van der Waals surface area contributed by atoms with Crippen LogP contribution in [0.25, 0.3) is 0 Å². The largest absolute Gasteiger partial charge is 0.347 e. The molecule has 2 N–H and O–H groups in total. The molecule has 0 atom stereocenters. The quantitative estimate of drug-likeness (QED) is 0.827. The third-order valence-electron chi connectivity index (χ3n) is 3.07. The van der Waals surface area contributed by atoms with Gasteiger partial charge in [0.25, 0.3) is 11.8 Å². The number of halogens is 1. The maximum Gasteiger partial charge on any atom is 0.274 e. The summed E-state index contributed by atoms with van der Waals surface area (Å²) in [5.41, 5.74) is 1.80. The van der Waals surface area contributed by atoms with E-state index in [1.54, 1.807) is 36.4 Å². The Morgan fingerprint density at radius 3 is 2.61 bits per heavy atom. The summed E-state index contributed by atoms with van der Waals surface area (Å²) >= 11 is 5.93.